The van der Waals surface area contributed by atoms with Gasteiger partial charge in [-0.2, -0.15) is 0 Å². The van der Waals surface area contributed by atoms with Crippen molar-refractivity contribution in [2.45, 2.75) is 25.5 Å². The first-order valence-corrected chi connectivity index (χ1v) is 8.35. The zero-order chi connectivity index (χ0) is 19.6. The second kappa shape index (κ2) is 7.53. The third-order valence-electron chi connectivity index (χ3n) is 4.25. The number of hydrogen-bond donors (Lipinski definition) is 1. The first kappa shape index (κ1) is 18.5. The number of hydrogen-bond acceptors (Lipinski definition) is 6. The molecule has 27 heavy (non-hydrogen) atoms. The van der Waals surface area contributed by atoms with Gasteiger partial charge in [-0.1, -0.05) is 6.58 Å². The van der Waals surface area contributed by atoms with Crippen LogP contribution in [0.25, 0.3) is 10.9 Å². The van der Waals surface area contributed by atoms with E-state index in [1.54, 1.807) is 31.5 Å². The fourth-order valence-electron chi connectivity index (χ4n) is 3.04. The number of carboxylic acids is 1. The van der Waals surface area contributed by atoms with E-state index in [4.69, 9.17) is 14.2 Å². The lowest BCUT2D eigenvalue weighted by atomic mass is 10.1. The lowest BCUT2D eigenvalue weighted by molar-refractivity contribution is -0.141. The van der Waals surface area contributed by atoms with Gasteiger partial charge in [-0.15, -0.1) is 0 Å². The van der Waals surface area contributed by atoms with Gasteiger partial charge in [-0.25, -0.2) is 9.59 Å². The molecule has 1 aromatic carbocycles. The number of rotatable bonds is 5. The van der Waals surface area contributed by atoms with Crippen molar-refractivity contribution < 1.29 is 28.9 Å². The summed E-state index contributed by atoms with van der Waals surface area (Å²) < 4.78 is 16.2. The van der Waals surface area contributed by atoms with E-state index in [0.29, 0.717) is 17.0 Å². The summed E-state index contributed by atoms with van der Waals surface area (Å²) in [6.45, 7) is 5.13. The van der Waals surface area contributed by atoms with Gasteiger partial charge in [0.15, 0.2) is 0 Å². The average Bonchev–Trinajstić information content (AvgIpc) is 3.05. The standard InChI is InChI=1S/C19H20N2O6/c1-11(2)26-19(24)21-10-13(9-16(21)18(22)23)27-17-6-7-20-15-8-12(25-3)4-5-14(15)17/h4-8,13,16H,1,9-10H2,2-3H3,(H,22,23)/t13-,16+/m1/s1. The molecule has 1 aliphatic heterocycles. The number of ether oxygens (including phenoxy) is 3. The van der Waals surface area contributed by atoms with Crippen LogP contribution in [0.15, 0.2) is 42.8 Å². The first-order valence-electron chi connectivity index (χ1n) is 8.35. The molecule has 0 spiro atoms. The van der Waals surface area contributed by atoms with E-state index in [2.05, 4.69) is 11.6 Å². The zero-order valence-electron chi connectivity index (χ0n) is 15.0. The number of aromatic nitrogens is 1. The van der Waals surface area contributed by atoms with Crippen LogP contribution in [0.4, 0.5) is 4.79 Å². The smallest absolute Gasteiger partial charge is 0.415 e. The molecule has 1 N–H and O–H groups in total. The molecule has 1 aromatic heterocycles. The van der Waals surface area contributed by atoms with Crippen molar-refractivity contribution in [1.82, 2.24) is 9.88 Å². The molecule has 0 radical (unpaired) electrons. The summed E-state index contributed by atoms with van der Waals surface area (Å²) >= 11 is 0. The minimum absolute atomic E-state index is 0.100. The van der Waals surface area contributed by atoms with Crippen LogP contribution in [0.1, 0.15) is 13.3 Å². The molecular weight excluding hydrogens is 352 g/mol. The maximum absolute atomic E-state index is 12.2. The Kier molecular flexibility index (Phi) is 5.16. The highest BCUT2D eigenvalue weighted by Gasteiger charge is 2.42. The number of amides is 1. The number of carboxylic acid groups (broad SMARTS) is 1. The molecule has 3 rings (SSSR count). The fraction of sp³-hybridized carbons (Fsp3) is 0.316. The second-order valence-electron chi connectivity index (χ2n) is 6.24. The van der Waals surface area contributed by atoms with Gasteiger partial charge in [-0.3, -0.25) is 9.88 Å². The number of nitrogens with zero attached hydrogens (tertiary/aromatic N) is 2. The summed E-state index contributed by atoms with van der Waals surface area (Å²) in [5, 5.41) is 10.2. The Balaban J connectivity index is 1.82. The Labute approximate surface area is 156 Å². The maximum atomic E-state index is 12.2. The van der Waals surface area contributed by atoms with Crippen LogP contribution in [0.2, 0.25) is 0 Å². The zero-order valence-corrected chi connectivity index (χ0v) is 15.0. The predicted octanol–water partition coefficient (Wildman–Crippen LogP) is 2.82. The van der Waals surface area contributed by atoms with Crippen molar-refractivity contribution in [3.8, 4) is 11.5 Å². The van der Waals surface area contributed by atoms with E-state index < -0.39 is 24.2 Å². The highest BCUT2D eigenvalue weighted by atomic mass is 16.6. The second-order valence-corrected chi connectivity index (χ2v) is 6.24. The third-order valence-corrected chi connectivity index (χ3v) is 4.25. The van der Waals surface area contributed by atoms with Gasteiger partial charge in [0.2, 0.25) is 0 Å². The first-order chi connectivity index (χ1) is 12.9. The van der Waals surface area contributed by atoms with Gasteiger partial charge >= 0.3 is 12.1 Å². The fourth-order valence-corrected chi connectivity index (χ4v) is 3.04. The molecule has 1 aliphatic rings. The summed E-state index contributed by atoms with van der Waals surface area (Å²) in [5.41, 5.74) is 0.693. The third kappa shape index (κ3) is 3.94. The van der Waals surface area contributed by atoms with Crippen LogP contribution in [0, 0.1) is 0 Å². The number of pyridine rings is 1. The number of methoxy groups -OCH3 is 1. The largest absolute Gasteiger partial charge is 0.497 e. The Morgan fingerprint density at radius 1 is 1.33 bits per heavy atom. The van der Waals surface area contributed by atoms with E-state index in [-0.39, 0.29) is 18.7 Å². The summed E-state index contributed by atoms with van der Waals surface area (Å²) in [4.78, 5) is 29.1. The molecule has 1 fully saturated rings. The molecule has 2 aromatic rings. The highest BCUT2D eigenvalue weighted by Crippen LogP contribution is 2.30. The van der Waals surface area contributed by atoms with Gasteiger partial charge < -0.3 is 19.3 Å². The molecule has 1 amide bonds. The number of fused-ring (bicyclic) bond motifs is 1. The minimum Gasteiger partial charge on any atom is -0.497 e. The van der Waals surface area contributed by atoms with Gasteiger partial charge in [0.1, 0.15) is 23.6 Å². The van der Waals surface area contributed by atoms with Crippen molar-refractivity contribution in [3.05, 3.63) is 42.8 Å². The normalized spacial score (nSPS) is 19.0. The number of carbonyl (C=O) groups excluding carboxylic acids is 1. The minimum atomic E-state index is -1.11. The van der Waals surface area contributed by atoms with Crippen LogP contribution in [0.5, 0.6) is 11.5 Å². The summed E-state index contributed by atoms with van der Waals surface area (Å²) in [7, 11) is 1.57. The predicted molar refractivity (Wildman–Crippen MR) is 96.8 cm³/mol. The lowest BCUT2D eigenvalue weighted by Crippen LogP contribution is -2.40. The Morgan fingerprint density at radius 3 is 2.78 bits per heavy atom. The maximum Gasteiger partial charge on any atom is 0.415 e. The number of benzene rings is 1. The highest BCUT2D eigenvalue weighted by molar-refractivity contribution is 5.86. The van der Waals surface area contributed by atoms with Crippen molar-refractivity contribution in [2.75, 3.05) is 13.7 Å². The molecule has 8 nitrogen and oxygen atoms in total. The van der Waals surface area contributed by atoms with Crippen LogP contribution in [-0.4, -0.2) is 52.9 Å². The summed E-state index contributed by atoms with van der Waals surface area (Å²) in [6.07, 6.45) is 0.524. The molecule has 1 saturated heterocycles. The molecule has 0 aliphatic carbocycles. The number of carbonyl (C=O) groups is 2. The van der Waals surface area contributed by atoms with Crippen molar-refractivity contribution in [1.29, 1.82) is 0 Å². The number of allylic oxidation sites excluding steroid dienone is 1. The monoisotopic (exact) mass is 372 g/mol. The van der Waals surface area contributed by atoms with Gasteiger partial charge in [-0.05, 0) is 25.1 Å². The van der Waals surface area contributed by atoms with Crippen LogP contribution < -0.4 is 9.47 Å². The SMILES string of the molecule is C=C(C)OC(=O)N1C[C@H](Oc2ccnc3cc(OC)ccc23)C[C@H]1C(=O)O. The number of aliphatic carboxylic acids is 1. The van der Waals surface area contributed by atoms with E-state index in [0.717, 1.165) is 10.3 Å². The molecule has 2 atom stereocenters. The molecule has 0 saturated carbocycles. The Bertz CT molecular complexity index is 897. The van der Waals surface area contributed by atoms with Crippen molar-refractivity contribution >= 4 is 23.0 Å². The Morgan fingerprint density at radius 2 is 2.11 bits per heavy atom. The van der Waals surface area contributed by atoms with E-state index in [9.17, 15) is 14.7 Å². The van der Waals surface area contributed by atoms with Crippen LogP contribution in [0.3, 0.4) is 0 Å². The van der Waals surface area contributed by atoms with E-state index in [1.165, 1.54) is 6.92 Å². The molecule has 142 valence electrons. The van der Waals surface area contributed by atoms with Gasteiger partial charge in [0, 0.05) is 24.1 Å². The summed E-state index contributed by atoms with van der Waals surface area (Å²) in [6, 6.07) is 6.09. The van der Waals surface area contributed by atoms with E-state index >= 15 is 0 Å². The van der Waals surface area contributed by atoms with Crippen molar-refractivity contribution in [2.24, 2.45) is 0 Å². The summed E-state index contributed by atoms with van der Waals surface area (Å²) in [5.74, 6) is 0.325. The van der Waals surface area contributed by atoms with Crippen LogP contribution in [-0.2, 0) is 9.53 Å². The van der Waals surface area contributed by atoms with Crippen molar-refractivity contribution in [3.63, 3.8) is 0 Å². The quantitative estimate of drug-likeness (QED) is 0.806. The topological polar surface area (TPSA) is 98.2 Å². The van der Waals surface area contributed by atoms with Crippen LogP contribution >= 0.6 is 0 Å². The Hall–Kier alpha value is -3.29. The van der Waals surface area contributed by atoms with E-state index in [1.807, 2.05) is 6.07 Å². The van der Waals surface area contributed by atoms with Gasteiger partial charge in [0.05, 0.1) is 24.9 Å². The molecular formula is C19H20N2O6. The average molecular weight is 372 g/mol. The lowest BCUT2D eigenvalue weighted by Gasteiger charge is -2.20. The molecule has 8 heteroatoms. The molecule has 0 bridgehead atoms. The molecule has 2 heterocycles. The molecule has 0 unspecified atom stereocenters. The van der Waals surface area contributed by atoms with Gasteiger partial charge in [0.25, 0.3) is 0 Å². The number of likely N-dealkylation sites (tertiary alicyclic amines) is 1.